The highest BCUT2D eigenvalue weighted by Gasteiger charge is 2.53. The van der Waals surface area contributed by atoms with Crippen molar-refractivity contribution in [1.82, 2.24) is 49.9 Å². The third-order valence-electron chi connectivity index (χ3n) is 16.6. The maximum absolute atomic E-state index is 17.1. The van der Waals surface area contributed by atoms with Crippen molar-refractivity contribution < 1.29 is 42.9 Å². The highest BCUT2D eigenvalue weighted by atomic mass is 32.1. The number of aromatic nitrogens is 6. The molecule has 18 nitrogen and oxygen atoms in total. The van der Waals surface area contributed by atoms with Crippen molar-refractivity contribution in [2.24, 2.45) is 17.8 Å². The van der Waals surface area contributed by atoms with Crippen LogP contribution in [0.25, 0.3) is 33.3 Å². The number of amides is 4. The molecular weight excluding hydrogens is 968 g/mol. The Hall–Kier alpha value is -6.54. The van der Waals surface area contributed by atoms with Crippen LogP contribution in [0.4, 0.5) is 14.0 Å². The number of carboxylic acid groups (broad SMARTS) is 1. The van der Waals surface area contributed by atoms with Crippen LogP contribution < -0.4 is 10.6 Å². The number of halogens is 1. The summed E-state index contributed by atoms with van der Waals surface area (Å²) in [6.45, 7) is 8.11. The molecule has 4 aromatic heterocycles. The molecule has 10 atom stereocenters. The van der Waals surface area contributed by atoms with Gasteiger partial charge in [0.05, 0.1) is 81.9 Å². The molecule has 5 aromatic rings. The number of nitrogens with zero attached hydrogens (tertiary/aromatic N) is 6. The third kappa shape index (κ3) is 8.64. The van der Waals surface area contributed by atoms with Gasteiger partial charge in [-0.15, -0.1) is 11.3 Å². The molecule has 10 unspecified atom stereocenters. The molecule has 5 fully saturated rings. The summed E-state index contributed by atoms with van der Waals surface area (Å²) in [6.07, 6.45) is 10.9. The van der Waals surface area contributed by atoms with E-state index >= 15 is 4.39 Å². The van der Waals surface area contributed by atoms with Crippen molar-refractivity contribution >= 4 is 57.4 Å². The number of fused-ring (bicyclic) bond motifs is 5. The van der Waals surface area contributed by atoms with E-state index in [0.717, 1.165) is 76.3 Å². The number of nitrogens with one attached hydrogen (secondary N) is 4. The van der Waals surface area contributed by atoms with Gasteiger partial charge in [0.15, 0.2) is 0 Å². The summed E-state index contributed by atoms with van der Waals surface area (Å²) < 4.78 is 37.2. The molecule has 8 heterocycles. The largest absolute Gasteiger partial charge is 0.465 e. The van der Waals surface area contributed by atoms with E-state index in [2.05, 4.69) is 31.2 Å². The zero-order valence-corrected chi connectivity index (χ0v) is 43.0. The summed E-state index contributed by atoms with van der Waals surface area (Å²) in [5, 5.41) is 16.7. The molecule has 20 heteroatoms. The number of H-pyrrole nitrogens is 2. The number of ether oxygens (including phenoxy) is 3. The van der Waals surface area contributed by atoms with Crippen molar-refractivity contribution in [3.8, 4) is 11.3 Å². The standard InChI is InChI=1S/C54H63FN10O8S/c1-25(2)45(61-53(68)69)50(66)63-14-6-7-39(63)47-56-23-36(60-47)31-18-34(55)44-40-20-32-17-29(10-12-38(32)65(40)52(73-42(44)21-31)43-24-58-49(74-43)28-8-9-28)35-22-57-48(59-35)41-19-30-11-13-37(30)64(41)51(67)46(62-54(70)71-5)33-15-26(3)72-27(4)16-33/h10,12,17,20-28,30,33-34,37,39,41,45-46,52,61H,6-9,11,13-16,18-19H2,1-5H3,(H,56,60)(H,57,59)(H,62,70)(H,68,69). The number of hydrogen-bond acceptors (Lipinski definition) is 11. The first-order valence-electron chi connectivity index (χ1n) is 26.3. The molecule has 4 aliphatic heterocycles. The number of alkyl carbamates (subject to hydrolysis) is 1. The lowest BCUT2D eigenvalue weighted by atomic mass is 9.79. The second kappa shape index (κ2) is 19.0. The van der Waals surface area contributed by atoms with E-state index in [-0.39, 0.29) is 60.4 Å². The summed E-state index contributed by atoms with van der Waals surface area (Å²) in [4.78, 5) is 78.9. The van der Waals surface area contributed by atoms with Gasteiger partial charge in [-0.2, -0.15) is 0 Å². The Morgan fingerprint density at radius 1 is 0.905 bits per heavy atom. The molecule has 0 bridgehead atoms. The first-order chi connectivity index (χ1) is 35.7. The molecule has 4 amide bonds. The minimum atomic E-state index is -1.43. The topological polar surface area (TPSA) is 222 Å². The average molecular weight is 1030 g/mol. The predicted molar refractivity (Wildman–Crippen MR) is 272 cm³/mol. The fourth-order valence-corrected chi connectivity index (χ4v) is 13.9. The molecule has 3 saturated heterocycles. The van der Waals surface area contributed by atoms with E-state index in [1.54, 1.807) is 22.4 Å². The van der Waals surface area contributed by atoms with Gasteiger partial charge < -0.3 is 49.7 Å². The number of rotatable bonds is 12. The zero-order valence-electron chi connectivity index (χ0n) is 42.2. The average Bonchev–Trinajstić information content (AvgIpc) is 4.02. The van der Waals surface area contributed by atoms with Crippen LogP contribution in [0.3, 0.4) is 0 Å². The van der Waals surface area contributed by atoms with Crippen molar-refractivity contribution in [3.05, 3.63) is 87.6 Å². The summed E-state index contributed by atoms with van der Waals surface area (Å²) >= 11 is 1.63. The molecule has 2 saturated carbocycles. The smallest absolute Gasteiger partial charge is 0.407 e. The molecule has 1 aromatic carbocycles. The van der Waals surface area contributed by atoms with Gasteiger partial charge in [0.2, 0.25) is 18.0 Å². The predicted octanol–water partition coefficient (Wildman–Crippen LogP) is 9.14. The minimum Gasteiger partial charge on any atom is -0.465 e. The van der Waals surface area contributed by atoms with E-state index in [4.69, 9.17) is 29.2 Å². The monoisotopic (exact) mass is 1030 g/mol. The van der Waals surface area contributed by atoms with Crippen LogP contribution >= 0.6 is 11.3 Å². The van der Waals surface area contributed by atoms with Gasteiger partial charge in [-0.1, -0.05) is 19.9 Å². The van der Waals surface area contributed by atoms with Crippen molar-refractivity contribution in [2.45, 2.75) is 153 Å². The van der Waals surface area contributed by atoms with Gasteiger partial charge in [-0.05, 0) is 119 Å². The molecule has 0 spiro atoms. The Bertz CT molecular complexity index is 3090. The number of carbonyl (C=O) groups is 4. The Morgan fingerprint density at radius 2 is 1.66 bits per heavy atom. The molecule has 390 valence electrons. The third-order valence-corrected chi connectivity index (χ3v) is 17.8. The van der Waals surface area contributed by atoms with Gasteiger partial charge >= 0.3 is 12.2 Å². The van der Waals surface area contributed by atoms with Crippen molar-refractivity contribution in [2.75, 3.05) is 13.7 Å². The van der Waals surface area contributed by atoms with Crippen LogP contribution in [-0.2, 0) is 23.8 Å². The van der Waals surface area contributed by atoms with Gasteiger partial charge in [0, 0.05) is 42.1 Å². The normalized spacial score (nSPS) is 28.2. The van der Waals surface area contributed by atoms with Crippen LogP contribution in [0, 0.1) is 17.8 Å². The number of likely N-dealkylation sites (tertiary alicyclic amines) is 2. The molecule has 0 radical (unpaired) electrons. The van der Waals surface area contributed by atoms with E-state index in [9.17, 15) is 24.3 Å². The van der Waals surface area contributed by atoms with Gasteiger partial charge in [-0.3, -0.25) is 14.2 Å². The molecule has 7 aliphatic rings. The highest BCUT2D eigenvalue weighted by Crippen LogP contribution is 2.52. The Morgan fingerprint density at radius 3 is 2.38 bits per heavy atom. The highest BCUT2D eigenvalue weighted by molar-refractivity contribution is 7.11. The molecular formula is C54H63FN10O8S. The van der Waals surface area contributed by atoms with Gasteiger partial charge in [0.25, 0.3) is 0 Å². The number of alkyl halides is 1. The molecule has 74 heavy (non-hydrogen) atoms. The van der Waals surface area contributed by atoms with Crippen molar-refractivity contribution in [1.29, 1.82) is 0 Å². The number of aromatic amines is 2. The minimum absolute atomic E-state index is 0.0503. The number of carbonyl (C=O) groups excluding carboxylic acids is 3. The number of hydrogen-bond donors (Lipinski definition) is 5. The summed E-state index contributed by atoms with van der Waals surface area (Å²) in [5.41, 5.74) is 5.03. The summed E-state index contributed by atoms with van der Waals surface area (Å²) in [5.74, 6) is 1.70. The first kappa shape index (κ1) is 48.4. The first-order valence-corrected chi connectivity index (χ1v) is 27.1. The van der Waals surface area contributed by atoms with E-state index in [1.807, 2.05) is 69.3 Å². The van der Waals surface area contributed by atoms with Crippen LogP contribution in [-0.4, -0.2) is 119 Å². The lowest BCUT2D eigenvalue weighted by Crippen LogP contribution is -2.57. The van der Waals surface area contributed by atoms with E-state index in [0.29, 0.717) is 71.9 Å². The second-order valence-corrected chi connectivity index (χ2v) is 23.0. The Labute approximate surface area is 431 Å². The number of thiazole rings is 1. The number of benzene rings is 1. The summed E-state index contributed by atoms with van der Waals surface area (Å²) in [6, 6.07) is 5.93. The lowest BCUT2D eigenvalue weighted by molar-refractivity contribution is -0.142. The van der Waals surface area contributed by atoms with E-state index in [1.165, 1.54) is 7.11 Å². The van der Waals surface area contributed by atoms with Gasteiger partial charge in [0.1, 0.15) is 35.7 Å². The van der Waals surface area contributed by atoms with Crippen LogP contribution in [0.15, 0.2) is 54.7 Å². The van der Waals surface area contributed by atoms with Crippen LogP contribution in [0.2, 0.25) is 0 Å². The van der Waals surface area contributed by atoms with Gasteiger partial charge in [-0.25, -0.2) is 28.9 Å². The number of methoxy groups -OCH3 is 1. The maximum Gasteiger partial charge on any atom is 0.407 e. The quantitative estimate of drug-likeness (QED) is 0.0793. The van der Waals surface area contributed by atoms with E-state index < -0.39 is 36.7 Å². The van der Waals surface area contributed by atoms with Crippen LogP contribution in [0.1, 0.15) is 149 Å². The Balaban J connectivity index is 0.853. The number of imidazole rings is 2. The molecule has 5 N–H and O–H groups in total. The van der Waals surface area contributed by atoms with Crippen LogP contribution in [0.5, 0.6) is 0 Å². The fourth-order valence-electron chi connectivity index (χ4n) is 12.8. The second-order valence-electron chi connectivity index (χ2n) is 21.9. The summed E-state index contributed by atoms with van der Waals surface area (Å²) in [7, 11) is 1.32. The molecule has 12 rings (SSSR count). The number of allylic oxidation sites excluding steroid dienone is 3. The fraction of sp³-hybridized carbons (Fsp3) is 0.537. The Kier molecular flexibility index (Phi) is 12.4. The molecule has 3 aliphatic carbocycles. The SMILES string of the molecule is COC(=O)NC(C(=O)N1C(c2ncc(-c3ccc4c(c3)cc3n4C(c4cnc(C5CC5)s4)OC4=C3C(F)CC(c3cnc(C5CCCN5C(=O)C(NC(=O)O)C(C)C)[nH]3)=C4)[nH]2)CC2CCC21)C1CC(C)OC(C)C1. The lowest BCUT2D eigenvalue weighted by Gasteiger charge is -2.42. The maximum atomic E-state index is 17.1. The van der Waals surface area contributed by atoms with Crippen molar-refractivity contribution in [3.63, 3.8) is 0 Å². The zero-order chi connectivity index (χ0) is 51.3.